The van der Waals surface area contributed by atoms with E-state index in [9.17, 15) is 45.2 Å². The molecule has 1 unspecified atom stereocenters. The van der Waals surface area contributed by atoms with Gasteiger partial charge in [0, 0.05) is 0 Å². The average molecular weight is 422 g/mol. The van der Waals surface area contributed by atoms with Gasteiger partial charge in [0.2, 0.25) is 0 Å². The molecule has 160 valence electrons. The second-order valence-electron chi connectivity index (χ2n) is 6.10. The zero-order valence-corrected chi connectivity index (χ0v) is 14.6. The zero-order chi connectivity index (χ0) is 20.5. The quantitative estimate of drug-likeness (QED) is 0.182. The first-order valence-electron chi connectivity index (χ1n) is 7.82. The minimum Gasteiger partial charge on any atom is -0.394 e. The van der Waals surface area contributed by atoms with Crippen LogP contribution in [-0.4, -0.2) is 120 Å². The lowest BCUT2D eigenvalue weighted by atomic mass is 10.00. The van der Waals surface area contributed by atoms with E-state index in [0.717, 1.165) is 0 Å². The lowest BCUT2D eigenvalue weighted by Crippen LogP contribution is -2.59. The third-order valence-electron chi connectivity index (χ3n) is 4.17. The summed E-state index contributed by atoms with van der Waals surface area (Å²) in [4.78, 5) is 9.70. The lowest BCUT2D eigenvalue weighted by molar-refractivity contribution is -0.289. The zero-order valence-electron chi connectivity index (χ0n) is 13.7. The van der Waals surface area contributed by atoms with Gasteiger partial charge in [-0.1, -0.05) is 0 Å². The number of phosphoric acid groups is 1. The van der Waals surface area contributed by atoms with Crippen LogP contribution in [0.1, 0.15) is 0 Å². The van der Waals surface area contributed by atoms with E-state index < -0.39 is 82.4 Å². The Kier molecular flexibility index (Phi) is 7.68. The minimum absolute atomic E-state index is 0.790. The van der Waals surface area contributed by atoms with E-state index in [2.05, 4.69) is 9.05 Å². The summed E-state index contributed by atoms with van der Waals surface area (Å²) in [5.41, 5.74) is 0. The van der Waals surface area contributed by atoms with Crippen LogP contribution in [0.4, 0.5) is 0 Å². The highest BCUT2D eigenvalue weighted by Gasteiger charge is 2.48. The molecule has 9 N–H and O–H groups in total. The average Bonchev–Trinajstić information content (AvgIpc) is 2.62. The Morgan fingerprint density at radius 3 is 1.93 bits per heavy atom. The normalized spacial score (nSPS) is 48.2. The molecule has 2 saturated heterocycles. The van der Waals surface area contributed by atoms with Gasteiger partial charge < -0.3 is 55.2 Å². The molecule has 0 spiro atoms. The molecular weight excluding hydrogens is 399 g/mol. The van der Waals surface area contributed by atoms with Gasteiger partial charge >= 0.3 is 7.82 Å². The number of hydrogen-bond donors (Lipinski definition) is 9. The van der Waals surface area contributed by atoms with Crippen LogP contribution in [0, 0.1) is 0 Å². The van der Waals surface area contributed by atoms with Crippen molar-refractivity contribution in [3.63, 3.8) is 0 Å². The highest BCUT2D eigenvalue weighted by atomic mass is 31.2. The van der Waals surface area contributed by atoms with Crippen LogP contribution in [-0.2, 0) is 23.1 Å². The van der Waals surface area contributed by atoms with Crippen LogP contribution >= 0.6 is 7.82 Å². The molecule has 2 rings (SSSR count). The first kappa shape index (κ1) is 23.0. The maximum atomic E-state index is 12.0. The van der Waals surface area contributed by atoms with Crippen LogP contribution in [0.2, 0.25) is 0 Å². The second kappa shape index (κ2) is 9.02. The summed E-state index contributed by atoms with van der Waals surface area (Å²) in [7, 11) is -5.01. The number of aliphatic hydroxyl groups excluding tert-OH is 8. The van der Waals surface area contributed by atoms with Crippen LogP contribution in [0.25, 0.3) is 0 Å². The highest BCUT2D eigenvalue weighted by Crippen LogP contribution is 2.47. The van der Waals surface area contributed by atoms with Crippen molar-refractivity contribution >= 4 is 7.82 Å². The summed E-state index contributed by atoms with van der Waals surface area (Å²) < 4.78 is 30.7. The molecule has 2 aliphatic heterocycles. The third-order valence-corrected chi connectivity index (χ3v) is 5.12. The first-order chi connectivity index (χ1) is 12.5. The van der Waals surface area contributed by atoms with E-state index in [-0.39, 0.29) is 0 Å². The summed E-state index contributed by atoms with van der Waals surface area (Å²) in [5.74, 6) is 0. The predicted octanol–water partition coefficient (Wildman–Crippen LogP) is -5.28. The van der Waals surface area contributed by atoms with Gasteiger partial charge in [-0.15, -0.1) is 0 Å². The Bertz CT molecular complexity index is 532. The maximum Gasteiger partial charge on any atom is 0.474 e. The monoisotopic (exact) mass is 422 g/mol. The van der Waals surface area contributed by atoms with Gasteiger partial charge in [-0.2, -0.15) is 0 Å². The molecule has 0 aromatic carbocycles. The largest absolute Gasteiger partial charge is 0.474 e. The standard InChI is InChI=1S/C12H23O14P/c13-1-3-5(14)8(17)10(19)12(25-3)26-27(21,22)23-2-4-6(15)7(16)9(18)11(20)24-4/h3-20H,1-2H2,(H,21,22)/t3-,4-,5-,6-,7+,8+,9+,10+,11+,12-/m1/s1. The molecule has 0 radical (unpaired) electrons. The Morgan fingerprint density at radius 2 is 1.33 bits per heavy atom. The lowest BCUT2D eigenvalue weighted by Gasteiger charge is -2.40. The van der Waals surface area contributed by atoms with E-state index >= 15 is 0 Å². The van der Waals surface area contributed by atoms with Gasteiger partial charge in [-0.3, -0.25) is 9.05 Å². The molecule has 0 amide bonds. The maximum absolute atomic E-state index is 12.0. The van der Waals surface area contributed by atoms with E-state index in [1.807, 2.05) is 0 Å². The van der Waals surface area contributed by atoms with Gasteiger partial charge in [0.15, 0.2) is 12.6 Å². The fraction of sp³-hybridized carbons (Fsp3) is 1.00. The fourth-order valence-electron chi connectivity index (χ4n) is 2.55. The van der Waals surface area contributed by atoms with Gasteiger partial charge in [0.1, 0.15) is 48.8 Å². The number of aliphatic hydroxyl groups is 8. The van der Waals surface area contributed by atoms with Gasteiger partial charge in [-0.05, 0) is 0 Å². The number of phosphoric ester groups is 1. The Labute approximate surface area is 152 Å². The second-order valence-corrected chi connectivity index (χ2v) is 7.51. The molecular formula is C12H23O14P. The van der Waals surface area contributed by atoms with Crippen molar-refractivity contribution in [2.75, 3.05) is 13.2 Å². The SMILES string of the molecule is O=P(O)(OC[C@H]1O[C@H](O)[C@@H](O)[C@@H](O)[C@@H]1O)O[C@H]1O[C@H](CO)[C@@H](O)[C@H](O)[C@@H]1O. The molecule has 0 aromatic heterocycles. The number of hydrogen-bond acceptors (Lipinski definition) is 13. The Balaban J connectivity index is 1.95. The van der Waals surface area contributed by atoms with Crippen molar-refractivity contribution in [2.45, 2.75) is 61.4 Å². The summed E-state index contributed by atoms with van der Waals surface area (Å²) in [6.07, 6.45) is -17.6. The van der Waals surface area contributed by atoms with Gasteiger partial charge in [-0.25, -0.2) is 4.57 Å². The summed E-state index contributed by atoms with van der Waals surface area (Å²) in [6.45, 7) is -1.67. The topological polar surface area (TPSA) is 236 Å². The van der Waals surface area contributed by atoms with Crippen molar-refractivity contribution in [1.29, 1.82) is 0 Å². The smallest absolute Gasteiger partial charge is 0.394 e. The molecule has 14 nitrogen and oxygen atoms in total. The van der Waals surface area contributed by atoms with Gasteiger partial charge in [0.05, 0.1) is 13.2 Å². The van der Waals surface area contributed by atoms with Crippen molar-refractivity contribution in [3.05, 3.63) is 0 Å². The first-order valence-corrected chi connectivity index (χ1v) is 9.32. The van der Waals surface area contributed by atoms with E-state index in [1.54, 1.807) is 0 Å². The molecule has 2 heterocycles. The van der Waals surface area contributed by atoms with Crippen molar-refractivity contribution < 1.29 is 68.8 Å². The molecule has 2 fully saturated rings. The van der Waals surface area contributed by atoms with E-state index in [4.69, 9.17) is 14.6 Å². The molecule has 0 bridgehead atoms. The predicted molar refractivity (Wildman–Crippen MR) is 79.5 cm³/mol. The molecule has 0 aliphatic carbocycles. The Morgan fingerprint density at radius 1 is 0.778 bits per heavy atom. The summed E-state index contributed by atoms with van der Waals surface area (Å²) >= 11 is 0. The van der Waals surface area contributed by atoms with E-state index in [0.29, 0.717) is 0 Å². The summed E-state index contributed by atoms with van der Waals surface area (Å²) in [6, 6.07) is 0. The van der Waals surface area contributed by atoms with Crippen LogP contribution in [0.15, 0.2) is 0 Å². The Hall–Kier alpha value is -0.290. The molecule has 0 saturated carbocycles. The fourth-order valence-corrected chi connectivity index (χ4v) is 3.39. The summed E-state index contributed by atoms with van der Waals surface area (Å²) in [5, 5.41) is 76.0. The van der Waals surface area contributed by atoms with Crippen molar-refractivity contribution in [1.82, 2.24) is 0 Å². The third kappa shape index (κ3) is 5.20. The number of ether oxygens (including phenoxy) is 2. The molecule has 11 atom stereocenters. The van der Waals surface area contributed by atoms with Crippen LogP contribution in [0.5, 0.6) is 0 Å². The van der Waals surface area contributed by atoms with Crippen LogP contribution in [0.3, 0.4) is 0 Å². The van der Waals surface area contributed by atoms with Gasteiger partial charge in [0.25, 0.3) is 0 Å². The number of rotatable bonds is 6. The van der Waals surface area contributed by atoms with Crippen LogP contribution < -0.4 is 0 Å². The van der Waals surface area contributed by atoms with Crippen molar-refractivity contribution in [2.24, 2.45) is 0 Å². The molecule has 2 aliphatic rings. The molecule has 27 heavy (non-hydrogen) atoms. The van der Waals surface area contributed by atoms with Crippen molar-refractivity contribution in [3.8, 4) is 0 Å². The highest BCUT2D eigenvalue weighted by molar-refractivity contribution is 7.47. The molecule has 15 heteroatoms. The van der Waals surface area contributed by atoms with E-state index in [1.165, 1.54) is 0 Å². The minimum atomic E-state index is -5.01. The molecule has 0 aromatic rings.